The van der Waals surface area contributed by atoms with Crippen molar-refractivity contribution in [3.05, 3.63) is 0 Å². The Balaban J connectivity index is 2.33. The minimum Gasteiger partial charge on any atom is -0.343 e. The molecule has 1 aliphatic carbocycles. The van der Waals surface area contributed by atoms with Gasteiger partial charge < -0.3 is 10.2 Å². The molecule has 2 unspecified atom stereocenters. The van der Waals surface area contributed by atoms with Gasteiger partial charge in [-0.3, -0.25) is 9.59 Å². The average Bonchev–Trinajstić information content (AvgIpc) is 2.78. The molecule has 0 aromatic rings. The van der Waals surface area contributed by atoms with Crippen LogP contribution in [0.4, 0.5) is 0 Å². The van der Waals surface area contributed by atoms with E-state index >= 15 is 0 Å². The first-order chi connectivity index (χ1) is 8.53. The number of piperazine rings is 1. The highest BCUT2D eigenvalue weighted by atomic mass is 16.2. The molecule has 0 aromatic heterocycles. The minimum absolute atomic E-state index is 0.0649. The molecule has 2 amide bonds. The van der Waals surface area contributed by atoms with E-state index in [0.717, 1.165) is 38.5 Å². The Bertz CT molecular complexity index is 348. The number of carbonyl (C=O) groups excluding carboxylic acids is 2. The summed E-state index contributed by atoms with van der Waals surface area (Å²) in [6.07, 6.45) is 5.75. The summed E-state index contributed by atoms with van der Waals surface area (Å²) in [6, 6.07) is -0.211. The van der Waals surface area contributed by atoms with Crippen molar-refractivity contribution in [2.24, 2.45) is 0 Å². The highest BCUT2D eigenvalue weighted by Crippen LogP contribution is 2.39. The maximum atomic E-state index is 12.5. The van der Waals surface area contributed by atoms with E-state index < -0.39 is 5.54 Å². The summed E-state index contributed by atoms with van der Waals surface area (Å²) >= 11 is 0. The molecule has 2 fully saturated rings. The molecule has 1 saturated heterocycles. The molecule has 1 heterocycles. The zero-order valence-corrected chi connectivity index (χ0v) is 11.7. The minimum atomic E-state index is -0.543. The van der Waals surface area contributed by atoms with E-state index in [4.69, 9.17) is 0 Å². The topological polar surface area (TPSA) is 49.4 Å². The molecule has 1 spiro atoms. The molecular weight excluding hydrogens is 228 g/mol. The molecule has 2 rings (SSSR count). The second-order valence-electron chi connectivity index (χ2n) is 5.78. The van der Waals surface area contributed by atoms with Crippen molar-refractivity contribution in [2.45, 2.75) is 76.9 Å². The van der Waals surface area contributed by atoms with Gasteiger partial charge in [0.1, 0.15) is 11.6 Å². The quantitative estimate of drug-likeness (QED) is 0.833. The second kappa shape index (κ2) is 4.90. The van der Waals surface area contributed by atoms with E-state index in [1.807, 2.05) is 4.90 Å². The summed E-state index contributed by atoms with van der Waals surface area (Å²) in [4.78, 5) is 26.8. The van der Waals surface area contributed by atoms with E-state index in [1.54, 1.807) is 6.92 Å². The molecule has 0 aromatic carbocycles. The molecule has 1 saturated carbocycles. The summed E-state index contributed by atoms with van der Waals surface area (Å²) in [7, 11) is 0. The Morgan fingerprint density at radius 3 is 2.56 bits per heavy atom. The van der Waals surface area contributed by atoms with Gasteiger partial charge in [-0.05, 0) is 33.1 Å². The normalized spacial score (nSPS) is 28.6. The fourth-order valence-electron chi connectivity index (χ4n) is 3.54. The Hall–Kier alpha value is -1.06. The fraction of sp³-hybridized carbons (Fsp3) is 0.857. The number of hydrogen-bond donors (Lipinski definition) is 1. The van der Waals surface area contributed by atoms with Crippen molar-refractivity contribution in [2.75, 3.05) is 0 Å². The van der Waals surface area contributed by atoms with Gasteiger partial charge in [-0.25, -0.2) is 0 Å². The van der Waals surface area contributed by atoms with Crippen LogP contribution in [-0.4, -0.2) is 34.3 Å². The highest BCUT2D eigenvalue weighted by molar-refractivity contribution is 6.00. The molecule has 0 radical (unpaired) electrons. The first kappa shape index (κ1) is 13.4. The zero-order chi connectivity index (χ0) is 13.3. The SMILES string of the molecule is CCCC(C)N1C(=O)C(C)NC(=O)C12CCCC2. The average molecular weight is 252 g/mol. The van der Waals surface area contributed by atoms with Crippen LogP contribution in [0, 0.1) is 0 Å². The Morgan fingerprint density at radius 1 is 1.39 bits per heavy atom. The van der Waals surface area contributed by atoms with Crippen LogP contribution in [0.2, 0.25) is 0 Å². The van der Waals surface area contributed by atoms with E-state index in [1.165, 1.54) is 0 Å². The van der Waals surface area contributed by atoms with Crippen LogP contribution in [0.15, 0.2) is 0 Å². The van der Waals surface area contributed by atoms with Gasteiger partial charge in [0.25, 0.3) is 0 Å². The number of amides is 2. The fourth-order valence-corrected chi connectivity index (χ4v) is 3.54. The second-order valence-corrected chi connectivity index (χ2v) is 5.78. The van der Waals surface area contributed by atoms with Gasteiger partial charge in [0, 0.05) is 6.04 Å². The molecule has 2 atom stereocenters. The zero-order valence-electron chi connectivity index (χ0n) is 11.7. The first-order valence-corrected chi connectivity index (χ1v) is 7.17. The Kier molecular flexibility index (Phi) is 3.64. The summed E-state index contributed by atoms with van der Waals surface area (Å²) in [5.74, 6) is 0.160. The Morgan fingerprint density at radius 2 is 2.00 bits per heavy atom. The maximum Gasteiger partial charge on any atom is 0.246 e. The number of nitrogens with one attached hydrogen (secondary N) is 1. The lowest BCUT2D eigenvalue weighted by Crippen LogP contribution is -2.70. The predicted molar refractivity (Wildman–Crippen MR) is 70.0 cm³/mol. The van der Waals surface area contributed by atoms with Crippen molar-refractivity contribution in [3.8, 4) is 0 Å². The number of carbonyl (C=O) groups is 2. The van der Waals surface area contributed by atoms with Gasteiger partial charge in [0.2, 0.25) is 11.8 Å². The number of rotatable bonds is 3. The van der Waals surface area contributed by atoms with Crippen molar-refractivity contribution >= 4 is 11.8 Å². The molecule has 102 valence electrons. The monoisotopic (exact) mass is 252 g/mol. The molecule has 0 bridgehead atoms. The molecular formula is C14H24N2O2. The summed E-state index contributed by atoms with van der Waals surface area (Å²) in [6.45, 7) is 5.98. The standard InChI is InChI=1S/C14H24N2O2/c1-4-7-10(2)16-12(17)11(3)15-13(18)14(16)8-5-6-9-14/h10-11H,4-9H2,1-3H3,(H,15,18). The molecule has 2 aliphatic rings. The van der Waals surface area contributed by atoms with Crippen molar-refractivity contribution in [1.29, 1.82) is 0 Å². The van der Waals surface area contributed by atoms with Crippen LogP contribution in [0.25, 0.3) is 0 Å². The van der Waals surface area contributed by atoms with Crippen LogP contribution < -0.4 is 5.32 Å². The van der Waals surface area contributed by atoms with Crippen LogP contribution in [0.3, 0.4) is 0 Å². The van der Waals surface area contributed by atoms with Crippen molar-refractivity contribution in [1.82, 2.24) is 10.2 Å². The molecule has 1 aliphatic heterocycles. The molecule has 4 nitrogen and oxygen atoms in total. The van der Waals surface area contributed by atoms with E-state index in [0.29, 0.717) is 0 Å². The summed E-state index contributed by atoms with van der Waals surface area (Å²) in [5, 5.41) is 2.86. The maximum absolute atomic E-state index is 12.5. The highest BCUT2D eigenvalue weighted by Gasteiger charge is 2.53. The van der Waals surface area contributed by atoms with Gasteiger partial charge in [-0.1, -0.05) is 26.2 Å². The van der Waals surface area contributed by atoms with Gasteiger partial charge in [-0.2, -0.15) is 0 Å². The lowest BCUT2D eigenvalue weighted by molar-refractivity contribution is -0.160. The van der Waals surface area contributed by atoms with Crippen molar-refractivity contribution < 1.29 is 9.59 Å². The molecule has 1 N–H and O–H groups in total. The third-order valence-corrected chi connectivity index (χ3v) is 4.42. The summed E-state index contributed by atoms with van der Waals surface area (Å²) in [5.41, 5.74) is -0.543. The van der Waals surface area contributed by atoms with Gasteiger partial charge in [-0.15, -0.1) is 0 Å². The Labute approximate surface area is 109 Å². The molecule has 4 heteroatoms. The van der Waals surface area contributed by atoms with Crippen LogP contribution in [0.1, 0.15) is 59.3 Å². The van der Waals surface area contributed by atoms with Gasteiger partial charge in [0.15, 0.2) is 0 Å². The van der Waals surface area contributed by atoms with E-state index in [-0.39, 0.29) is 23.9 Å². The molecule has 18 heavy (non-hydrogen) atoms. The smallest absolute Gasteiger partial charge is 0.246 e. The van der Waals surface area contributed by atoms with Gasteiger partial charge in [0.05, 0.1) is 0 Å². The lowest BCUT2D eigenvalue weighted by Gasteiger charge is -2.48. The number of hydrogen-bond acceptors (Lipinski definition) is 2. The third kappa shape index (κ3) is 1.91. The van der Waals surface area contributed by atoms with E-state index in [2.05, 4.69) is 19.2 Å². The van der Waals surface area contributed by atoms with Gasteiger partial charge >= 0.3 is 0 Å². The van der Waals surface area contributed by atoms with Crippen LogP contribution >= 0.6 is 0 Å². The van der Waals surface area contributed by atoms with Crippen molar-refractivity contribution in [3.63, 3.8) is 0 Å². The largest absolute Gasteiger partial charge is 0.343 e. The predicted octanol–water partition coefficient (Wildman–Crippen LogP) is 1.83. The lowest BCUT2D eigenvalue weighted by atomic mass is 9.87. The number of nitrogens with zero attached hydrogens (tertiary/aromatic N) is 1. The first-order valence-electron chi connectivity index (χ1n) is 7.17. The third-order valence-electron chi connectivity index (χ3n) is 4.42. The van der Waals surface area contributed by atoms with Crippen LogP contribution in [-0.2, 0) is 9.59 Å². The summed E-state index contributed by atoms with van der Waals surface area (Å²) < 4.78 is 0. The van der Waals surface area contributed by atoms with E-state index in [9.17, 15) is 9.59 Å². The van der Waals surface area contributed by atoms with Crippen LogP contribution in [0.5, 0.6) is 0 Å².